The molecule has 6 nitrogen and oxygen atoms in total. The Balaban J connectivity index is 1.72. The third kappa shape index (κ3) is 8.45. The summed E-state index contributed by atoms with van der Waals surface area (Å²) in [5.41, 5.74) is 2.70. The van der Waals surface area contributed by atoms with Crippen molar-refractivity contribution in [2.45, 2.75) is 90.4 Å². The normalized spacial score (nSPS) is 16.8. The SMILES string of the molecule is Cc1ccc(NC(=O)Cc2ccccc2)cc1C(=O)NC(CC1CCCCC1)C(O)C(O)CC(C)C. The van der Waals surface area contributed by atoms with Gasteiger partial charge >= 0.3 is 0 Å². The number of aliphatic hydroxyl groups is 2. The minimum absolute atomic E-state index is 0.154. The number of carbonyl (C=O) groups is 2. The summed E-state index contributed by atoms with van der Waals surface area (Å²) in [5.74, 6) is 0.204. The number of aryl methyl sites for hydroxylation is 1. The second-order valence-corrected chi connectivity index (χ2v) is 10.7. The van der Waals surface area contributed by atoms with Crippen LogP contribution in [0.25, 0.3) is 0 Å². The Kier molecular flexibility index (Phi) is 10.5. The summed E-state index contributed by atoms with van der Waals surface area (Å²) in [4.78, 5) is 25.9. The summed E-state index contributed by atoms with van der Waals surface area (Å²) >= 11 is 0. The van der Waals surface area contributed by atoms with E-state index in [4.69, 9.17) is 0 Å². The molecule has 36 heavy (non-hydrogen) atoms. The van der Waals surface area contributed by atoms with Gasteiger partial charge in [0, 0.05) is 11.3 Å². The summed E-state index contributed by atoms with van der Waals surface area (Å²) in [7, 11) is 0. The van der Waals surface area contributed by atoms with Gasteiger partial charge in [0.05, 0.1) is 18.6 Å². The van der Waals surface area contributed by atoms with Gasteiger partial charge in [0.1, 0.15) is 6.10 Å². The van der Waals surface area contributed by atoms with E-state index >= 15 is 0 Å². The highest BCUT2D eigenvalue weighted by Crippen LogP contribution is 2.29. The predicted molar refractivity (Wildman–Crippen MR) is 144 cm³/mol. The van der Waals surface area contributed by atoms with Crippen LogP contribution in [0.1, 0.15) is 80.3 Å². The molecule has 1 saturated carbocycles. The van der Waals surface area contributed by atoms with Crippen molar-refractivity contribution < 1.29 is 19.8 Å². The van der Waals surface area contributed by atoms with Gasteiger partial charge in [-0.2, -0.15) is 0 Å². The Hall–Kier alpha value is -2.70. The molecule has 3 rings (SSSR count). The molecule has 1 aliphatic carbocycles. The van der Waals surface area contributed by atoms with E-state index in [1.807, 2.05) is 57.2 Å². The monoisotopic (exact) mass is 494 g/mol. The standard InChI is InChI=1S/C30H42N2O4/c1-20(2)16-27(33)29(35)26(17-22-10-6-4-7-11-22)32-30(36)25-19-24(15-14-21(25)3)31-28(34)18-23-12-8-5-9-13-23/h5,8-9,12-15,19-20,22,26-27,29,33,35H,4,6-7,10-11,16-18H2,1-3H3,(H,31,34)(H,32,36). The van der Waals surface area contributed by atoms with Crippen molar-refractivity contribution in [1.82, 2.24) is 5.32 Å². The number of nitrogens with one attached hydrogen (secondary N) is 2. The van der Waals surface area contributed by atoms with E-state index in [9.17, 15) is 19.8 Å². The molecule has 6 heteroatoms. The molecule has 196 valence electrons. The van der Waals surface area contributed by atoms with E-state index in [1.165, 1.54) is 19.3 Å². The van der Waals surface area contributed by atoms with Crippen LogP contribution in [0.4, 0.5) is 5.69 Å². The van der Waals surface area contributed by atoms with Crippen LogP contribution in [0, 0.1) is 18.8 Å². The zero-order chi connectivity index (χ0) is 26.1. The number of amides is 2. The molecule has 2 aromatic rings. The Morgan fingerprint density at radius 1 is 1.00 bits per heavy atom. The van der Waals surface area contributed by atoms with Crippen molar-refractivity contribution >= 4 is 17.5 Å². The molecule has 0 aromatic heterocycles. The zero-order valence-electron chi connectivity index (χ0n) is 21.9. The number of anilines is 1. The van der Waals surface area contributed by atoms with Crippen molar-refractivity contribution in [3.05, 3.63) is 65.2 Å². The van der Waals surface area contributed by atoms with Gasteiger partial charge in [0.2, 0.25) is 5.91 Å². The summed E-state index contributed by atoms with van der Waals surface area (Å²) in [6.45, 7) is 5.86. The van der Waals surface area contributed by atoms with E-state index in [2.05, 4.69) is 10.6 Å². The zero-order valence-corrected chi connectivity index (χ0v) is 21.9. The van der Waals surface area contributed by atoms with Crippen molar-refractivity contribution in [2.24, 2.45) is 11.8 Å². The van der Waals surface area contributed by atoms with E-state index in [0.29, 0.717) is 30.0 Å². The smallest absolute Gasteiger partial charge is 0.251 e. The third-order valence-electron chi connectivity index (χ3n) is 7.12. The molecule has 3 atom stereocenters. The molecule has 0 radical (unpaired) electrons. The molecular weight excluding hydrogens is 452 g/mol. The Bertz CT molecular complexity index is 986. The lowest BCUT2D eigenvalue weighted by Crippen LogP contribution is -2.50. The van der Waals surface area contributed by atoms with Gasteiger partial charge in [-0.15, -0.1) is 0 Å². The lowest BCUT2D eigenvalue weighted by Gasteiger charge is -2.33. The van der Waals surface area contributed by atoms with Gasteiger partial charge in [-0.25, -0.2) is 0 Å². The van der Waals surface area contributed by atoms with Gasteiger partial charge in [-0.1, -0.05) is 82.3 Å². The molecule has 0 saturated heterocycles. The van der Waals surface area contributed by atoms with Crippen LogP contribution in [0.2, 0.25) is 0 Å². The van der Waals surface area contributed by atoms with Crippen LogP contribution >= 0.6 is 0 Å². The lowest BCUT2D eigenvalue weighted by molar-refractivity contribution is -0.115. The number of aliphatic hydroxyl groups excluding tert-OH is 2. The maximum atomic E-state index is 13.4. The van der Waals surface area contributed by atoms with Gasteiger partial charge in [-0.05, 0) is 54.9 Å². The fourth-order valence-electron chi connectivity index (χ4n) is 5.13. The first kappa shape index (κ1) is 27.9. The van der Waals surface area contributed by atoms with Crippen LogP contribution < -0.4 is 10.6 Å². The van der Waals surface area contributed by atoms with Gasteiger partial charge < -0.3 is 20.8 Å². The van der Waals surface area contributed by atoms with E-state index < -0.39 is 18.2 Å². The molecule has 2 aromatic carbocycles. The molecule has 1 fully saturated rings. The first-order valence-corrected chi connectivity index (χ1v) is 13.3. The first-order chi connectivity index (χ1) is 17.2. The number of carbonyl (C=O) groups excluding carboxylic acids is 2. The molecule has 3 unspecified atom stereocenters. The minimum atomic E-state index is -1.03. The summed E-state index contributed by atoms with van der Waals surface area (Å²) in [6.07, 6.45) is 5.17. The number of rotatable bonds is 11. The molecule has 0 spiro atoms. The van der Waals surface area contributed by atoms with Crippen LogP contribution in [0.3, 0.4) is 0 Å². The molecule has 0 bridgehead atoms. The quantitative estimate of drug-likeness (QED) is 0.353. The van der Waals surface area contributed by atoms with Crippen LogP contribution in [-0.4, -0.2) is 40.3 Å². The van der Waals surface area contributed by atoms with Crippen LogP contribution in [0.15, 0.2) is 48.5 Å². The largest absolute Gasteiger partial charge is 0.390 e. The maximum Gasteiger partial charge on any atom is 0.251 e. The first-order valence-electron chi connectivity index (χ1n) is 13.3. The van der Waals surface area contributed by atoms with E-state index in [0.717, 1.165) is 24.0 Å². The summed E-state index contributed by atoms with van der Waals surface area (Å²) in [5, 5.41) is 27.6. The third-order valence-corrected chi connectivity index (χ3v) is 7.12. The molecule has 0 heterocycles. The number of hydrogen-bond donors (Lipinski definition) is 4. The van der Waals surface area contributed by atoms with Gasteiger partial charge in [-0.3, -0.25) is 9.59 Å². The fourth-order valence-corrected chi connectivity index (χ4v) is 5.13. The molecule has 2 amide bonds. The Morgan fingerprint density at radius 3 is 2.36 bits per heavy atom. The van der Waals surface area contributed by atoms with Crippen LogP contribution in [-0.2, 0) is 11.2 Å². The van der Waals surface area contributed by atoms with E-state index in [1.54, 1.807) is 12.1 Å². The molecular formula is C30H42N2O4. The van der Waals surface area contributed by atoms with Crippen molar-refractivity contribution in [2.75, 3.05) is 5.32 Å². The lowest BCUT2D eigenvalue weighted by atomic mass is 9.82. The predicted octanol–water partition coefficient (Wildman–Crippen LogP) is 5.01. The topological polar surface area (TPSA) is 98.7 Å². The van der Waals surface area contributed by atoms with Crippen molar-refractivity contribution in [3.63, 3.8) is 0 Å². The Morgan fingerprint density at radius 2 is 1.69 bits per heavy atom. The maximum absolute atomic E-state index is 13.4. The highest BCUT2D eigenvalue weighted by Gasteiger charge is 2.31. The summed E-state index contributed by atoms with van der Waals surface area (Å²) < 4.78 is 0. The van der Waals surface area contributed by atoms with Crippen molar-refractivity contribution in [1.29, 1.82) is 0 Å². The van der Waals surface area contributed by atoms with Gasteiger partial charge in [0.15, 0.2) is 0 Å². The van der Waals surface area contributed by atoms with E-state index in [-0.39, 0.29) is 24.2 Å². The average Bonchev–Trinajstić information content (AvgIpc) is 2.85. The fraction of sp³-hybridized carbons (Fsp3) is 0.533. The van der Waals surface area contributed by atoms with Crippen LogP contribution in [0.5, 0.6) is 0 Å². The Labute approximate surface area is 215 Å². The van der Waals surface area contributed by atoms with Gasteiger partial charge in [0.25, 0.3) is 5.91 Å². The number of hydrogen-bond acceptors (Lipinski definition) is 4. The molecule has 1 aliphatic rings. The highest BCUT2D eigenvalue weighted by atomic mass is 16.3. The summed E-state index contributed by atoms with van der Waals surface area (Å²) in [6, 6.07) is 14.3. The molecule has 0 aliphatic heterocycles. The highest BCUT2D eigenvalue weighted by molar-refractivity contribution is 5.98. The number of benzene rings is 2. The second kappa shape index (κ2) is 13.6. The molecule has 4 N–H and O–H groups in total. The minimum Gasteiger partial charge on any atom is -0.390 e. The average molecular weight is 495 g/mol. The van der Waals surface area contributed by atoms with Crippen molar-refractivity contribution in [3.8, 4) is 0 Å². The second-order valence-electron chi connectivity index (χ2n) is 10.7.